The monoisotopic (exact) mass is 432 g/mol. The van der Waals surface area contributed by atoms with Gasteiger partial charge in [-0.2, -0.15) is 0 Å². The van der Waals surface area contributed by atoms with E-state index in [4.69, 9.17) is 4.74 Å². The van der Waals surface area contributed by atoms with Crippen LogP contribution < -0.4 is 10.1 Å². The Morgan fingerprint density at radius 3 is 2.81 bits per heavy atom. The van der Waals surface area contributed by atoms with Gasteiger partial charge in [-0.05, 0) is 49.4 Å². The Bertz CT molecular complexity index is 1200. The van der Waals surface area contributed by atoms with Gasteiger partial charge in [0.25, 0.3) is 0 Å². The smallest absolute Gasteiger partial charge is 0.326 e. The number of Topliss-reactive ketones (excluding diaryl/α,β-unsaturated/α-hetero) is 1. The number of carboxylic acid groups (broad SMARTS) is 1. The summed E-state index contributed by atoms with van der Waals surface area (Å²) in [6, 6.07) is 6.46. The zero-order valence-corrected chi connectivity index (χ0v) is 18.0. The summed E-state index contributed by atoms with van der Waals surface area (Å²) >= 11 is 0. The van der Waals surface area contributed by atoms with Crippen LogP contribution in [-0.4, -0.2) is 37.9 Å². The predicted octanol–water partition coefficient (Wildman–Crippen LogP) is 3.74. The summed E-state index contributed by atoms with van der Waals surface area (Å²) in [5, 5.41) is 14.5. The number of allylic oxidation sites excluding steroid dienone is 2. The molecular weight excluding hydrogens is 408 g/mol. The van der Waals surface area contributed by atoms with Crippen LogP contribution >= 0.6 is 0 Å². The number of aryl methyl sites for hydroxylation is 1. The molecule has 1 aliphatic carbocycles. The molecule has 0 saturated carbocycles. The summed E-state index contributed by atoms with van der Waals surface area (Å²) in [5.74, 6) is 0.0375. The van der Waals surface area contributed by atoms with Crippen LogP contribution in [0.25, 0.3) is 10.8 Å². The average Bonchev–Trinajstić information content (AvgIpc) is 3.13. The van der Waals surface area contributed by atoms with Crippen LogP contribution in [0.5, 0.6) is 11.6 Å². The predicted molar refractivity (Wildman–Crippen MR) is 118 cm³/mol. The first-order chi connectivity index (χ1) is 15.4. The van der Waals surface area contributed by atoms with Crippen molar-refractivity contribution in [2.24, 2.45) is 0 Å². The molecule has 0 saturated heterocycles. The van der Waals surface area contributed by atoms with Gasteiger partial charge < -0.3 is 15.2 Å². The Hall–Kier alpha value is -3.81. The number of hydrogen-bond acceptors (Lipinski definition) is 7. The van der Waals surface area contributed by atoms with Crippen LogP contribution in [0.3, 0.4) is 0 Å². The fourth-order valence-corrected chi connectivity index (χ4v) is 3.87. The molecule has 0 radical (unpaired) electrons. The third kappa shape index (κ3) is 4.59. The van der Waals surface area contributed by atoms with Crippen LogP contribution in [0.1, 0.15) is 37.6 Å². The molecule has 1 unspecified atom stereocenters. The van der Waals surface area contributed by atoms with Crippen molar-refractivity contribution >= 4 is 22.5 Å². The minimum absolute atomic E-state index is 0.0891. The maximum absolute atomic E-state index is 11.9. The second-order valence-electron chi connectivity index (χ2n) is 7.73. The van der Waals surface area contributed by atoms with Gasteiger partial charge in [0, 0.05) is 47.9 Å². The highest BCUT2D eigenvalue weighted by atomic mass is 16.5. The van der Waals surface area contributed by atoms with E-state index in [0.717, 1.165) is 22.2 Å². The lowest BCUT2D eigenvalue weighted by molar-refractivity contribution is -0.139. The molecule has 8 heteroatoms. The van der Waals surface area contributed by atoms with Crippen LogP contribution in [-0.2, 0) is 16.0 Å². The first-order valence-electron chi connectivity index (χ1n) is 10.5. The summed E-state index contributed by atoms with van der Waals surface area (Å²) in [6.07, 6.45) is 6.73. The molecule has 2 N–H and O–H groups in total. The molecule has 0 fully saturated rings. The fourth-order valence-electron chi connectivity index (χ4n) is 3.87. The molecule has 32 heavy (non-hydrogen) atoms. The number of carbonyl (C=O) groups excluding carboxylic acids is 1. The molecule has 4 rings (SSSR count). The highest BCUT2D eigenvalue weighted by molar-refractivity contribution is 5.98. The van der Waals surface area contributed by atoms with E-state index in [1.807, 2.05) is 26.0 Å². The number of rotatable bonds is 8. The Labute approximate surface area is 185 Å². The van der Waals surface area contributed by atoms with Crippen molar-refractivity contribution < 1.29 is 19.4 Å². The van der Waals surface area contributed by atoms with E-state index >= 15 is 0 Å². The maximum Gasteiger partial charge on any atom is 0.326 e. The number of ketones is 1. The van der Waals surface area contributed by atoms with E-state index in [0.29, 0.717) is 42.2 Å². The number of pyridine rings is 3. The average molecular weight is 432 g/mol. The van der Waals surface area contributed by atoms with Gasteiger partial charge in [-0.3, -0.25) is 14.8 Å². The maximum atomic E-state index is 11.9. The van der Waals surface area contributed by atoms with E-state index < -0.39 is 12.0 Å². The van der Waals surface area contributed by atoms with Gasteiger partial charge in [-0.15, -0.1) is 0 Å². The van der Waals surface area contributed by atoms with E-state index in [9.17, 15) is 14.7 Å². The molecule has 0 aliphatic heterocycles. The van der Waals surface area contributed by atoms with E-state index in [-0.39, 0.29) is 12.2 Å². The second-order valence-corrected chi connectivity index (χ2v) is 7.73. The number of aromatic nitrogens is 3. The highest BCUT2D eigenvalue weighted by Crippen LogP contribution is 2.28. The van der Waals surface area contributed by atoms with Crippen molar-refractivity contribution in [3.8, 4) is 11.6 Å². The van der Waals surface area contributed by atoms with Gasteiger partial charge in [-0.1, -0.05) is 6.92 Å². The first-order valence-corrected chi connectivity index (χ1v) is 10.5. The summed E-state index contributed by atoms with van der Waals surface area (Å²) in [5.41, 5.74) is 2.85. The molecule has 3 aromatic heterocycles. The molecule has 1 aliphatic rings. The minimum Gasteiger partial charge on any atom is -0.480 e. The number of ether oxygens (including phenoxy) is 1. The van der Waals surface area contributed by atoms with Crippen molar-refractivity contribution in [3.05, 3.63) is 65.5 Å². The summed E-state index contributed by atoms with van der Waals surface area (Å²) in [6.45, 7) is 3.79. The highest BCUT2D eigenvalue weighted by Gasteiger charge is 2.26. The number of carbonyl (C=O) groups is 2. The number of carboxylic acids is 1. The number of hydrogen-bond donors (Lipinski definition) is 2. The number of nitrogens with one attached hydrogen (secondary N) is 1. The lowest BCUT2D eigenvalue weighted by Crippen LogP contribution is -2.38. The molecule has 0 bridgehead atoms. The quantitative estimate of drug-likeness (QED) is 0.553. The Morgan fingerprint density at radius 2 is 2.09 bits per heavy atom. The fraction of sp³-hybridized carbons (Fsp3) is 0.292. The van der Waals surface area contributed by atoms with Gasteiger partial charge in [0.15, 0.2) is 5.78 Å². The molecule has 1 atom stereocenters. The molecule has 3 aromatic rings. The van der Waals surface area contributed by atoms with E-state index in [1.54, 1.807) is 30.7 Å². The van der Waals surface area contributed by atoms with Crippen molar-refractivity contribution in [2.45, 2.75) is 45.6 Å². The topological polar surface area (TPSA) is 114 Å². The largest absolute Gasteiger partial charge is 0.480 e. The van der Waals surface area contributed by atoms with E-state index in [1.165, 1.54) is 0 Å². The molecular formula is C24H24N4O4. The lowest BCUT2D eigenvalue weighted by atomic mass is 10.1. The zero-order chi connectivity index (χ0) is 22.7. The lowest BCUT2D eigenvalue weighted by Gasteiger charge is -2.17. The van der Waals surface area contributed by atoms with Gasteiger partial charge in [-0.25, -0.2) is 9.78 Å². The van der Waals surface area contributed by atoms with Gasteiger partial charge in [0.2, 0.25) is 5.88 Å². The molecule has 3 heterocycles. The Balaban J connectivity index is 1.49. The normalized spacial score (nSPS) is 14.6. The van der Waals surface area contributed by atoms with E-state index in [2.05, 4.69) is 20.3 Å². The van der Waals surface area contributed by atoms with Crippen LogP contribution in [0, 0.1) is 6.92 Å². The van der Waals surface area contributed by atoms with Crippen LogP contribution in [0.4, 0.5) is 0 Å². The van der Waals surface area contributed by atoms with Gasteiger partial charge in [0.05, 0.1) is 11.6 Å². The SMILES string of the molecule is CCC1=C(NC(Cc2ccc(Oc3nc(C)cc4ccncc34)cn2)C(=O)O)CCC1=O. The summed E-state index contributed by atoms with van der Waals surface area (Å²) in [7, 11) is 0. The molecule has 0 amide bonds. The van der Waals surface area contributed by atoms with Crippen LogP contribution in [0.15, 0.2) is 54.1 Å². The second kappa shape index (κ2) is 9.13. The van der Waals surface area contributed by atoms with Gasteiger partial charge >= 0.3 is 5.97 Å². The van der Waals surface area contributed by atoms with Crippen molar-refractivity contribution in [2.75, 3.05) is 0 Å². The van der Waals surface area contributed by atoms with Crippen molar-refractivity contribution in [3.63, 3.8) is 0 Å². The zero-order valence-electron chi connectivity index (χ0n) is 18.0. The third-order valence-corrected chi connectivity index (χ3v) is 5.46. The summed E-state index contributed by atoms with van der Waals surface area (Å²) < 4.78 is 5.94. The molecule has 8 nitrogen and oxygen atoms in total. The minimum atomic E-state index is -0.989. The number of fused-ring (bicyclic) bond motifs is 1. The standard InChI is InChI=1S/C24H24N4O4/c1-3-18-20(6-7-22(18)29)28-21(24(30)31)11-16-4-5-17(12-26-16)32-23-19-13-25-9-8-15(19)10-14(2)27-23/h4-5,8-10,12-13,21,28H,3,6-7,11H2,1-2H3,(H,30,31). The third-order valence-electron chi connectivity index (χ3n) is 5.46. The van der Waals surface area contributed by atoms with Crippen LogP contribution in [0.2, 0.25) is 0 Å². The Morgan fingerprint density at radius 1 is 1.25 bits per heavy atom. The number of nitrogens with zero attached hydrogens (tertiary/aromatic N) is 3. The summed E-state index contributed by atoms with van der Waals surface area (Å²) in [4.78, 5) is 36.7. The molecule has 0 spiro atoms. The van der Waals surface area contributed by atoms with Crippen molar-refractivity contribution in [1.82, 2.24) is 20.3 Å². The molecule has 164 valence electrons. The first kappa shape index (κ1) is 21.4. The van der Waals surface area contributed by atoms with Gasteiger partial charge in [0.1, 0.15) is 11.8 Å². The van der Waals surface area contributed by atoms with Crippen molar-refractivity contribution in [1.29, 1.82) is 0 Å². The molecule has 0 aromatic carbocycles. The number of aliphatic carboxylic acids is 1. The Kier molecular flexibility index (Phi) is 6.11.